The van der Waals surface area contributed by atoms with Gasteiger partial charge in [-0.05, 0) is 25.0 Å². The zero-order chi connectivity index (χ0) is 15.0. The van der Waals surface area contributed by atoms with E-state index in [4.69, 9.17) is 4.74 Å². The molecule has 1 aromatic carbocycles. The van der Waals surface area contributed by atoms with Crippen molar-refractivity contribution >= 4 is 5.69 Å². The van der Waals surface area contributed by atoms with Crippen LogP contribution in [0.25, 0.3) is 0 Å². The SMILES string of the molecule is CCC(C)N(CCOC)c1ccccc1CNC(C)C. The maximum atomic E-state index is 5.27. The lowest BCUT2D eigenvalue weighted by Crippen LogP contribution is -2.36. The Labute approximate surface area is 124 Å². The molecular formula is C17H30N2O. The second-order valence-corrected chi connectivity index (χ2v) is 5.61. The van der Waals surface area contributed by atoms with Gasteiger partial charge in [0.05, 0.1) is 6.61 Å². The molecule has 0 aliphatic carbocycles. The van der Waals surface area contributed by atoms with Gasteiger partial charge in [-0.2, -0.15) is 0 Å². The summed E-state index contributed by atoms with van der Waals surface area (Å²) in [5, 5.41) is 3.51. The number of nitrogens with one attached hydrogen (secondary N) is 1. The fourth-order valence-electron chi connectivity index (χ4n) is 2.24. The number of nitrogens with zero attached hydrogens (tertiary/aromatic N) is 1. The number of para-hydroxylation sites is 1. The number of methoxy groups -OCH3 is 1. The Balaban J connectivity index is 2.93. The molecular weight excluding hydrogens is 248 g/mol. The third kappa shape index (κ3) is 5.14. The van der Waals surface area contributed by atoms with Crippen LogP contribution in [0.2, 0.25) is 0 Å². The number of benzene rings is 1. The van der Waals surface area contributed by atoms with Crippen LogP contribution in [-0.4, -0.2) is 32.3 Å². The first-order valence-corrected chi connectivity index (χ1v) is 7.67. The Bertz CT molecular complexity index is 379. The molecule has 0 aliphatic rings. The van der Waals surface area contributed by atoms with Crippen molar-refractivity contribution in [1.29, 1.82) is 0 Å². The molecule has 1 aromatic rings. The summed E-state index contributed by atoms with van der Waals surface area (Å²) in [6.07, 6.45) is 1.13. The van der Waals surface area contributed by atoms with Crippen molar-refractivity contribution in [3.8, 4) is 0 Å². The number of rotatable bonds is 9. The molecule has 0 heterocycles. The summed E-state index contributed by atoms with van der Waals surface area (Å²) in [5.74, 6) is 0. The largest absolute Gasteiger partial charge is 0.383 e. The van der Waals surface area contributed by atoms with Crippen molar-refractivity contribution in [3.63, 3.8) is 0 Å². The molecule has 20 heavy (non-hydrogen) atoms. The first kappa shape index (κ1) is 17.0. The van der Waals surface area contributed by atoms with Crippen molar-refractivity contribution in [2.45, 2.75) is 52.7 Å². The monoisotopic (exact) mass is 278 g/mol. The van der Waals surface area contributed by atoms with Crippen LogP contribution in [0.3, 0.4) is 0 Å². The van der Waals surface area contributed by atoms with Crippen LogP contribution in [0.4, 0.5) is 5.69 Å². The lowest BCUT2D eigenvalue weighted by atomic mass is 10.1. The van der Waals surface area contributed by atoms with Crippen LogP contribution in [0.1, 0.15) is 39.7 Å². The molecule has 0 aliphatic heterocycles. The van der Waals surface area contributed by atoms with E-state index in [-0.39, 0.29) is 0 Å². The van der Waals surface area contributed by atoms with E-state index in [1.54, 1.807) is 7.11 Å². The Morgan fingerprint density at radius 1 is 1.20 bits per heavy atom. The second kappa shape index (κ2) is 8.98. The zero-order valence-electron chi connectivity index (χ0n) is 13.6. The minimum Gasteiger partial charge on any atom is -0.383 e. The lowest BCUT2D eigenvalue weighted by molar-refractivity contribution is 0.203. The minimum absolute atomic E-state index is 0.499. The van der Waals surface area contributed by atoms with Gasteiger partial charge in [0.25, 0.3) is 0 Å². The molecule has 0 amide bonds. The summed E-state index contributed by atoms with van der Waals surface area (Å²) in [5.41, 5.74) is 2.68. The van der Waals surface area contributed by atoms with E-state index in [1.165, 1.54) is 11.3 Å². The number of ether oxygens (including phenoxy) is 1. The van der Waals surface area contributed by atoms with Crippen LogP contribution in [0, 0.1) is 0 Å². The predicted octanol–water partition coefficient (Wildman–Crippen LogP) is 3.44. The van der Waals surface area contributed by atoms with Gasteiger partial charge in [-0.1, -0.05) is 39.0 Å². The highest BCUT2D eigenvalue weighted by Gasteiger charge is 2.15. The average molecular weight is 278 g/mol. The smallest absolute Gasteiger partial charge is 0.0637 e. The van der Waals surface area contributed by atoms with Gasteiger partial charge in [-0.3, -0.25) is 0 Å². The van der Waals surface area contributed by atoms with Crippen molar-refractivity contribution in [3.05, 3.63) is 29.8 Å². The number of hydrogen-bond donors (Lipinski definition) is 1. The number of anilines is 1. The fraction of sp³-hybridized carbons (Fsp3) is 0.647. The van der Waals surface area contributed by atoms with Gasteiger partial charge in [0.1, 0.15) is 0 Å². The molecule has 1 unspecified atom stereocenters. The van der Waals surface area contributed by atoms with Crippen LogP contribution >= 0.6 is 0 Å². The van der Waals surface area contributed by atoms with E-state index >= 15 is 0 Å². The third-order valence-corrected chi connectivity index (χ3v) is 3.66. The van der Waals surface area contributed by atoms with Crippen molar-refractivity contribution in [2.24, 2.45) is 0 Å². The summed E-state index contributed by atoms with van der Waals surface area (Å²) >= 11 is 0. The molecule has 0 fully saturated rings. The molecule has 3 nitrogen and oxygen atoms in total. The normalized spacial score (nSPS) is 12.7. The van der Waals surface area contributed by atoms with Gasteiger partial charge >= 0.3 is 0 Å². The summed E-state index contributed by atoms with van der Waals surface area (Å²) < 4.78 is 5.27. The molecule has 114 valence electrons. The maximum absolute atomic E-state index is 5.27. The van der Waals surface area contributed by atoms with Gasteiger partial charge in [0, 0.05) is 38.0 Å². The maximum Gasteiger partial charge on any atom is 0.0637 e. The Hall–Kier alpha value is -1.06. The summed E-state index contributed by atoms with van der Waals surface area (Å²) in [4.78, 5) is 2.46. The lowest BCUT2D eigenvalue weighted by Gasteiger charge is -2.32. The van der Waals surface area contributed by atoms with Gasteiger partial charge in [0.2, 0.25) is 0 Å². The Morgan fingerprint density at radius 2 is 1.90 bits per heavy atom. The molecule has 3 heteroatoms. The fourth-order valence-corrected chi connectivity index (χ4v) is 2.24. The molecule has 0 aromatic heterocycles. The molecule has 1 N–H and O–H groups in total. The van der Waals surface area contributed by atoms with Crippen LogP contribution in [0.5, 0.6) is 0 Å². The van der Waals surface area contributed by atoms with E-state index in [0.29, 0.717) is 12.1 Å². The first-order chi connectivity index (χ1) is 9.60. The highest BCUT2D eigenvalue weighted by atomic mass is 16.5. The predicted molar refractivity (Wildman–Crippen MR) is 87.4 cm³/mol. The summed E-state index contributed by atoms with van der Waals surface area (Å²) in [6.45, 7) is 11.5. The van der Waals surface area contributed by atoms with E-state index in [1.807, 2.05) is 0 Å². The number of hydrogen-bond acceptors (Lipinski definition) is 3. The van der Waals surface area contributed by atoms with Gasteiger partial charge < -0.3 is 15.0 Å². The standard InChI is InChI=1S/C17H30N2O/c1-6-15(4)19(11-12-20-5)17-10-8-7-9-16(17)13-18-14(2)3/h7-10,14-15,18H,6,11-13H2,1-5H3. The molecule has 0 radical (unpaired) electrons. The van der Waals surface area contributed by atoms with Crippen LogP contribution in [-0.2, 0) is 11.3 Å². The Morgan fingerprint density at radius 3 is 2.50 bits per heavy atom. The first-order valence-electron chi connectivity index (χ1n) is 7.67. The molecule has 0 saturated carbocycles. The van der Waals surface area contributed by atoms with E-state index < -0.39 is 0 Å². The summed E-state index contributed by atoms with van der Waals surface area (Å²) in [6, 6.07) is 9.69. The van der Waals surface area contributed by atoms with Gasteiger partial charge in [-0.25, -0.2) is 0 Å². The minimum atomic E-state index is 0.499. The topological polar surface area (TPSA) is 24.5 Å². The van der Waals surface area contributed by atoms with E-state index in [9.17, 15) is 0 Å². The second-order valence-electron chi connectivity index (χ2n) is 5.61. The van der Waals surface area contributed by atoms with Crippen LogP contribution in [0.15, 0.2) is 24.3 Å². The molecule has 1 rings (SSSR count). The highest BCUT2D eigenvalue weighted by molar-refractivity contribution is 5.54. The molecule has 0 saturated heterocycles. The quantitative estimate of drug-likeness (QED) is 0.749. The molecule has 1 atom stereocenters. The third-order valence-electron chi connectivity index (χ3n) is 3.66. The Kier molecular flexibility index (Phi) is 7.63. The van der Waals surface area contributed by atoms with E-state index in [0.717, 1.165) is 26.1 Å². The zero-order valence-corrected chi connectivity index (χ0v) is 13.6. The van der Waals surface area contributed by atoms with Crippen molar-refractivity contribution < 1.29 is 4.74 Å². The van der Waals surface area contributed by atoms with Gasteiger partial charge in [-0.15, -0.1) is 0 Å². The van der Waals surface area contributed by atoms with Gasteiger partial charge in [0.15, 0.2) is 0 Å². The van der Waals surface area contributed by atoms with Crippen molar-refractivity contribution in [1.82, 2.24) is 5.32 Å². The highest BCUT2D eigenvalue weighted by Crippen LogP contribution is 2.23. The average Bonchev–Trinajstić information content (AvgIpc) is 2.46. The van der Waals surface area contributed by atoms with Crippen LogP contribution < -0.4 is 10.2 Å². The molecule has 0 spiro atoms. The summed E-state index contributed by atoms with van der Waals surface area (Å²) in [7, 11) is 1.76. The molecule has 0 bridgehead atoms. The van der Waals surface area contributed by atoms with E-state index in [2.05, 4.69) is 62.2 Å². The van der Waals surface area contributed by atoms with Crippen molar-refractivity contribution in [2.75, 3.05) is 25.2 Å².